The number of rotatable bonds is 4. The number of hydrogen-bond acceptors (Lipinski definition) is 2. The smallest absolute Gasteiger partial charge is 0.165 e. The lowest BCUT2D eigenvalue weighted by atomic mass is 10.1. The Hall–Kier alpha value is -0.860. The minimum atomic E-state index is -0.342. The van der Waals surface area contributed by atoms with Crippen LogP contribution in [0.1, 0.15) is 12.5 Å². The second-order valence-electron chi connectivity index (χ2n) is 3.15. The van der Waals surface area contributed by atoms with Crippen molar-refractivity contribution in [3.05, 3.63) is 34.9 Å². The van der Waals surface area contributed by atoms with Crippen LogP contribution in [0.4, 0.5) is 0 Å². The van der Waals surface area contributed by atoms with E-state index in [1.54, 1.807) is 19.1 Å². The van der Waals surface area contributed by atoms with E-state index in [1.807, 2.05) is 12.1 Å². The van der Waals surface area contributed by atoms with E-state index in [2.05, 4.69) is 0 Å². The van der Waals surface area contributed by atoms with Gasteiger partial charge in [-0.2, -0.15) is 0 Å². The summed E-state index contributed by atoms with van der Waals surface area (Å²) in [6, 6.07) is 7.26. The van der Waals surface area contributed by atoms with Crippen molar-refractivity contribution in [3.8, 4) is 0 Å². The highest BCUT2D eigenvalue weighted by Crippen LogP contribution is 2.10. The maximum absolute atomic E-state index is 11.5. The Bertz CT molecular complexity index is 306. The van der Waals surface area contributed by atoms with Gasteiger partial charge < -0.3 is 4.74 Å². The SMILES string of the molecule is COC(C)C(=O)Cc1ccc(Cl)cc1. The minimum absolute atomic E-state index is 0.0785. The number of methoxy groups -OCH3 is 1. The van der Waals surface area contributed by atoms with Gasteiger partial charge in [-0.3, -0.25) is 4.79 Å². The van der Waals surface area contributed by atoms with E-state index in [0.717, 1.165) is 5.56 Å². The van der Waals surface area contributed by atoms with E-state index < -0.39 is 0 Å². The van der Waals surface area contributed by atoms with Crippen molar-refractivity contribution >= 4 is 17.4 Å². The molecular formula is C11H13ClO2. The van der Waals surface area contributed by atoms with Crippen molar-refractivity contribution in [1.29, 1.82) is 0 Å². The lowest BCUT2D eigenvalue weighted by Gasteiger charge is -2.07. The first-order valence-electron chi connectivity index (χ1n) is 4.43. The molecule has 1 rings (SSSR count). The van der Waals surface area contributed by atoms with Crippen LogP contribution in [0, 0.1) is 0 Å². The van der Waals surface area contributed by atoms with Gasteiger partial charge in [0, 0.05) is 18.6 Å². The van der Waals surface area contributed by atoms with Crippen molar-refractivity contribution < 1.29 is 9.53 Å². The molecule has 0 heterocycles. The van der Waals surface area contributed by atoms with Gasteiger partial charge >= 0.3 is 0 Å². The van der Waals surface area contributed by atoms with E-state index in [0.29, 0.717) is 11.4 Å². The van der Waals surface area contributed by atoms with Crippen molar-refractivity contribution in [3.63, 3.8) is 0 Å². The van der Waals surface area contributed by atoms with Gasteiger partial charge in [-0.25, -0.2) is 0 Å². The lowest BCUT2D eigenvalue weighted by molar-refractivity contribution is -0.127. The third-order valence-electron chi connectivity index (χ3n) is 2.10. The Kier molecular flexibility index (Phi) is 4.11. The zero-order chi connectivity index (χ0) is 10.6. The highest BCUT2D eigenvalue weighted by Gasteiger charge is 2.11. The largest absolute Gasteiger partial charge is 0.374 e. The summed E-state index contributed by atoms with van der Waals surface area (Å²) in [5.74, 6) is 0.0785. The predicted octanol–water partition coefficient (Wildman–Crippen LogP) is 2.49. The zero-order valence-electron chi connectivity index (χ0n) is 8.29. The monoisotopic (exact) mass is 212 g/mol. The maximum atomic E-state index is 11.5. The van der Waals surface area contributed by atoms with Gasteiger partial charge in [0.05, 0.1) is 0 Å². The van der Waals surface area contributed by atoms with Crippen LogP contribution >= 0.6 is 11.6 Å². The van der Waals surface area contributed by atoms with Crippen molar-refractivity contribution in [2.75, 3.05) is 7.11 Å². The number of hydrogen-bond donors (Lipinski definition) is 0. The van der Waals surface area contributed by atoms with E-state index in [-0.39, 0.29) is 11.9 Å². The summed E-state index contributed by atoms with van der Waals surface area (Å²) in [7, 11) is 1.53. The third-order valence-corrected chi connectivity index (χ3v) is 2.35. The normalized spacial score (nSPS) is 12.5. The molecule has 0 N–H and O–H groups in total. The van der Waals surface area contributed by atoms with Crippen LogP contribution < -0.4 is 0 Å². The maximum Gasteiger partial charge on any atom is 0.165 e. The lowest BCUT2D eigenvalue weighted by Crippen LogP contribution is -2.20. The van der Waals surface area contributed by atoms with Crippen molar-refractivity contribution in [2.45, 2.75) is 19.4 Å². The standard InChI is InChI=1S/C11H13ClO2/c1-8(14-2)11(13)7-9-3-5-10(12)6-4-9/h3-6,8H,7H2,1-2H3. The number of carbonyl (C=O) groups excluding carboxylic acids is 1. The molecule has 1 aromatic rings. The highest BCUT2D eigenvalue weighted by atomic mass is 35.5. The molecule has 14 heavy (non-hydrogen) atoms. The van der Waals surface area contributed by atoms with Crippen LogP contribution in [0.25, 0.3) is 0 Å². The molecule has 2 nitrogen and oxygen atoms in total. The summed E-state index contributed by atoms with van der Waals surface area (Å²) < 4.78 is 4.93. The molecule has 0 aromatic heterocycles. The van der Waals surface area contributed by atoms with Gasteiger partial charge in [0.25, 0.3) is 0 Å². The predicted molar refractivity (Wildman–Crippen MR) is 56.6 cm³/mol. The second kappa shape index (κ2) is 5.13. The van der Waals surface area contributed by atoms with Gasteiger partial charge in [-0.1, -0.05) is 23.7 Å². The van der Waals surface area contributed by atoms with Gasteiger partial charge in [-0.15, -0.1) is 0 Å². The number of carbonyl (C=O) groups is 1. The molecule has 1 atom stereocenters. The van der Waals surface area contributed by atoms with Crippen LogP contribution in [-0.2, 0) is 16.0 Å². The molecule has 0 aliphatic carbocycles. The average Bonchev–Trinajstić information content (AvgIpc) is 2.20. The Morgan fingerprint density at radius 3 is 2.50 bits per heavy atom. The van der Waals surface area contributed by atoms with Crippen LogP contribution in [0.2, 0.25) is 5.02 Å². The molecule has 0 aliphatic rings. The third kappa shape index (κ3) is 3.13. The molecule has 0 aliphatic heterocycles. The fraction of sp³-hybridized carbons (Fsp3) is 0.364. The first-order valence-corrected chi connectivity index (χ1v) is 4.81. The van der Waals surface area contributed by atoms with E-state index in [1.165, 1.54) is 7.11 Å². The van der Waals surface area contributed by atoms with E-state index in [4.69, 9.17) is 16.3 Å². The average molecular weight is 213 g/mol. The van der Waals surface area contributed by atoms with E-state index >= 15 is 0 Å². The topological polar surface area (TPSA) is 26.3 Å². The number of halogens is 1. The molecule has 0 radical (unpaired) electrons. The number of Topliss-reactive ketones (excluding diaryl/α,β-unsaturated/α-hetero) is 1. The van der Waals surface area contributed by atoms with Gasteiger partial charge in [0.2, 0.25) is 0 Å². The highest BCUT2D eigenvalue weighted by molar-refractivity contribution is 6.30. The Balaban J connectivity index is 2.60. The quantitative estimate of drug-likeness (QED) is 0.767. The Labute approximate surface area is 88.8 Å². The molecule has 0 bridgehead atoms. The first-order chi connectivity index (χ1) is 6.63. The number of ketones is 1. The Morgan fingerprint density at radius 2 is 2.00 bits per heavy atom. The summed E-state index contributed by atoms with van der Waals surface area (Å²) in [6.45, 7) is 1.75. The summed E-state index contributed by atoms with van der Waals surface area (Å²) in [5, 5.41) is 0.681. The molecule has 1 unspecified atom stereocenters. The number of ether oxygens (including phenoxy) is 1. The van der Waals surface area contributed by atoms with E-state index in [9.17, 15) is 4.79 Å². The second-order valence-corrected chi connectivity index (χ2v) is 3.58. The molecule has 3 heteroatoms. The molecular weight excluding hydrogens is 200 g/mol. The van der Waals surface area contributed by atoms with Crippen LogP contribution in [0.3, 0.4) is 0 Å². The summed E-state index contributed by atoms with van der Waals surface area (Å²) in [4.78, 5) is 11.5. The molecule has 0 saturated carbocycles. The fourth-order valence-corrected chi connectivity index (χ4v) is 1.20. The van der Waals surface area contributed by atoms with Gasteiger partial charge in [0.1, 0.15) is 6.10 Å². The van der Waals surface area contributed by atoms with Crippen molar-refractivity contribution in [2.24, 2.45) is 0 Å². The molecule has 76 valence electrons. The summed E-state index contributed by atoms with van der Waals surface area (Å²) >= 11 is 5.73. The molecule has 0 saturated heterocycles. The van der Waals surface area contributed by atoms with Crippen LogP contribution in [-0.4, -0.2) is 19.0 Å². The molecule has 1 aromatic carbocycles. The molecule has 0 spiro atoms. The van der Waals surface area contributed by atoms with Crippen molar-refractivity contribution in [1.82, 2.24) is 0 Å². The first kappa shape index (κ1) is 11.2. The zero-order valence-corrected chi connectivity index (χ0v) is 9.04. The number of benzene rings is 1. The summed E-state index contributed by atoms with van der Waals surface area (Å²) in [6.07, 6.45) is 0.0531. The fourth-order valence-electron chi connectivity index (χ4n) is 1.08. The van der Waals surface area contributed by atoms with Gasteiger partial charge in [-0.05, 0) is 24.6 Å². The van der Waals surface area contributed by atoms with Crippen LogP contribution in [0.5, 0.6) is 0 Å². The molecule has 0 amide bonds. The molecule has 0 fully saturated rings. The van der Waals surface area contributed by atoms with Gasteiger partial charge in [0.15, 0.2) is 5.78 Å². The Morgan fingerprint density at radius 1 is 1.43 bits per heavy atom. The summed E-state index contributed by atoms with van der Waals surface area (Å²) in [5.41, 5.74) is 0.961. The minimum Gasteiger partial charge on any atom is -0.374 e. The van der Waals surface area contributed by atoms with Crippen LogP contribution in [0.15, 0.2) is 24.3 Å².